The predicted octanol–water partition coefficient (Wildman–Crippen LogP) is 1.81. The van der Waals surface area contributed by atoms with Crippen LogP contribution in [0.15, 0.2) is 30.3 Å². The molecule has 1 rings (SSSR count). The summed E-state index contributed by atoms with van der Waals surface area (Å²) in [6.07, 6.45) is 3.35. The highest BCUT2D eigenvalue weighted by Crippen LogP contribution is 2.07. The van der Waals surface area contributed by atoms with Gasteiger partial charge in [0.2, 0.25) is 5.91 Å². The Morgan fingerprint density at radius 2 is 2.00 bits per heavy atom. The smallest absolute Gasteiger partial charge is 0.244 e. The Labute approximate surface area is 114 Å². The summed E-state index contributed by atoms with van der Waals surface area (Å²) in [5.74, 6) is 0.205. The number of aliphatic hydroxyl groups is 1. The van der Waals surface area contributed by atoms with Crippen LogP contribution < -0.4 is 11.1 Å². The number of hydrogen-bond donors (Lipinski definition) is 3. The van der Waals surface area contributed by atoms with Gasteiger partial charge in [-0.25, -0.2) is 0 Å². The van der Waals surface area contributed by atoms with Crippen molar-refractivity contribution in [2.45, 2.75) is 26.4 Å². The third-order valence-corrected chi connectivity index (χ3v) is 2.62. The van der Waals surface area contributed by atoms with E-state index in [1.165, 1.54) is 6.08 Å². The molecule has 0 aromatic heterocycles. The van der Waals surface area contributed by atoms with E-state index in [2.05, 4.69) is 5.32 Å². The molecule has 1 aromatic carbocycles. The van der Waals surface area contributed by atoms with Gasteiger partial charge >= 0.3 is 0 Å². The summed E-state index contributed by atoms with van der Waals surface area (Å²) in [5.41, 5.74) is 7.17. The Morgan fingerprint density at radius 1 is 1.37 bits per heavy atom. The highest BCUT2D eigenvalue weighted by molar-refractivity contribution is 5.91. The second kappa shape index (κ2) is 7.59. The molecule has 4 N–H and O–H groups in total. The van der Waals surface area contributed by atoms with Gasteiger partial charge in [0.1, 0.15) is 0 Å². The van der Waals surface area contributed by atoms with Crippen LogP contribution in [0.3, 0.4) is 0 Å². The number of hydrogen-bond acceptors (Lipinski definition) is 3. The quantitative estimate of drug-likeness (QED) is 0.540. The van der Waals surface area contributed by atoms with Crippen molar-refractivity contribution in [3.63, 3.8) is 0 Å². The van der Waals surface area contributed by atoms with Gasteiger partial charge in [0.25, 0.3) is 0 Å². The van der Waals surface area contributed by atoms with Gasteiger partial charge in [-0.1, -0.05) is 26.0 Å². The molecule has 0 aliphatic rings. The van der Waals surface area contributed by atoms with Crippen molar-refractivity contribution in [1.29, 1.82) is 0 Å². The lowest BCUT2D eigenvalue weighted by Gasteiger charge is -2.12. The average molecular weight is 262 g/mol. The monoisotopic (exact) mass is 262 g/mol. The number of benzene rings is 1. The van der Waals surface area contributed by atoms with Crippen molar-refractivity contribution in [2.24, 2.45) is 5.92 Å². The van der Waals surface area contributed by atoms with Crippen molar-refractivity contribution in [3.8, 4) is 0 Å². The van der Waals surface area contributed by atoms with Crippen molar-refractivity contribution in [1.82, 2.24) is 5.32 Å². The van der Waals surface area contributed by atoms with Crippen LogP contribution in [0, 0.1) is 5.92 Å². The maximum atomic E-state index is 11.5. The molecule has 0 heterocycles. The Balaban J connectivity index is 2.36. The first-order chi connectivity index (χ1) is 8.97. The van der Waals surface area contributed by atoms with Gasteiger partial charge in [0, 0.05) is 18.3 Å². The second-order valence-electron chi connectivity index (χ2n) is 5.03. The van der Waals surface area contributed by atoms with Gasteiger partial charge in [0.15, 0.2) is 0 Å². The van der Waals surface area contributed by atoms with Crippen LogP contribution in [-0.4, -0.2) is 23.7 Å². The van der Waals surface area contributed by atoms with E-state index >= 15 is 0 Å². The molecule has 4 nitrogen and oxygen atoms in total. The molecule has 0 spiro atoms. The number of carbonyl (C=O) groups excluding carboxylic acids is 1. The number of rotatable bonds is 6. The fourth-order valence-corrected chi connectivity index (χ4v) is 1.68. The maximum Gasteiger partial charge on any atom is 0.244 e. The summed E-state index contributed by atoms with van der Waals surface area (Å²) in [5, 5.41) is 12.3. The Bertz CT molecular complexity index is 424. The van der Waals surface area contributed by atoms with Gasteiger partial charge in [-0.3, -0.25) is 4.79 Å². The van der Waals surface area contributed by atoms with Crippen molar-refractivity contribution in [3.05, 3.63) is 35.9 Å². The van der Waals surface area contributed by atoms with E-state index in [0.717, 1.165) is 5.56 Å². The molecule has 0 fully saturated rings. The summed E-state index contributed by atoms with van der Waals surface area (Å²) >= 11 is 0. The summed E-state index contributed by atoms with van der Waals surface area (Å²) < 4.78 is 0. The Kier molecular flexibility index (Phi) is 6.09. The molecule has 1 aromatic rings. The lowest BCUT2D eigenvalue weighted by molar-refractivity contribution is -0.116. The van der Waals surface area contributed by atoms with E-state index in [0.29, 0.717) is 18.0 Å². The molecule has 0 saturated carbocycles. The predicted molar refractivity (Wildman–Crippen MR) is 78.4 cm³/mol. The number of nitrogen functional groups attached to an aromatic ring is 1. The molecular formula is C15H22N2O2. The van der Waals surface area contributed by atoms with E-state index in [1.807, 2.05) is 26.0 Å². The minimum atomic E-state index is -0.492. The van der Waals surface area contributed by atoms with Crippen LogP contribution in [-0.2, 0) is 4.79 Å². The van der Waals surface area contributed by atoms with Crippen LogP contribution in [0.2, 0.25) is 0 Å². The molecule has 104 valence electrons. The third-order valence-electron chi connectivity index (χ3n) is 2.62. The lowest BCUT2D eigenvalue weighted by atomic mass is 10.1. The summed E-state index contributed by atoms with van der Waals surface area (Å²) in [6, 6.07) is 7.24. The number of carbonyl (C=O) groups is 1. The van der Waals surface area contributed by atoms with Gasteiger partial charge in [-0.2, -0.15) is 0 Å². The van der Waals surface area contributed by atoms with E-state index in [1.54, 1.807) is 18.2 Å². The largest absolute Gasteiger partial charge is 0.399 e. The summed E-state index contributed by atoms with van der Waals surface area (Å²) in [7, 11) is 0. The van der Waals surface area contributed by atoms with Gasteiger partial charge in [-0.05, 0) is 36.1 Å². The first kappa shape index (κ1) is 15.2. The number of amides is 1. The minimum absolute atomic E-state index is 0.209. The highest BCUT2D eigenvalue weighted by Gasteiger charge is 2.07. The van der Waals surface area contributed by atoms with Gasteiger partial charge in [-0.15, -0.1) is 0 Å². The van der Waals surface area contributed by atoms with Crippen LogP contribution in [0.1, 0.15) is 25.8 Å². The average Bonchev–Trinajstić information content (AvgIpc) is 2.35. The number of aliphatic hydroxyl groups excluding tert-OH is 1. The fraction of sp³-hybridized carbons (Fsp3) is 0.400. The molecule has 19 heavy (non-hydrogen) atoms. The van der Waals surface area contributed by atoms with E-state index in [9.17, 15) is 9.90 Å². The van der Waals surface area contributed by atoms with Crippen LogP contribution in [0.25, 0.3) is 6.08 Å². The zero-order chi connectivity index (χ0) is 14.3. The zero-order valence-corrected chi connectivity index (χ0v) is 11.5. The minimum Gasteiger partial charge on any atom is -0.399 e. The first-order valence-corrected chi connectivity index (χ1v) is 6.47. The highest BCUT2D eigenvalue weighted by atomic mass is 16.3. The topological polar surface area (TPSA) is 75.3 Å². The summed E-state index contributed by atoms with van der Waals surface area (Å²) in [6.45, 7) is 4.35. The van der Waals surface area contributed by atoms with Gasteiger partial charge < -0.3 is 16.2 Å². The van der Waals surface area contributed by atoms with Crippen LogP contribution in [0.5, 0.6) is 0 Å². The van der Waals surface area contributed by atoms with Gasteiger partial charge in [0.05, 0.1) is 6.10 Å². The Morgan fingerprint density at radius 3 is 2.58 bits per heavy atom. The molecule has 0 radical (unpaired) electrons. The van der Waals surface area contributed by atoms with Crippen molar-refractivity contribution < 1.29 is 9.90 Å². The molecule has 0 aliphatic carbocycles. The maximum absolute atomic E-state index is 11.5. The van der Waals surface area contributed by atoms with Crippen LogP contribution >= 0.6 is 0 Å². The number of nitrogens with one attached hydrogen (secondary N) is 1. The zero-order valence-electron chi connectivity index (χ0n) is 11.5. The molecule has 1 atom stereocenters. The molecule has 0 saturated heterocycles. The summed E-state index contributed by atoms with van der Waals surface area (Å²) in [4.78, 5) is 11.5. The SMILES string of the molecule is CC(C)CC(O)CNC(=O)/C=C/c1ccc(N)cc1. The molecule has 0 aliphatic heterocycles. The standard InChI is InChI=1S/C15H22N2O2/c1-11(2)9-14(18)10-17-15(19)8-5-12-3-6-13(16)7-4-12/h3-8,11,14,18H,9-10,16H2,1-2H3,(H,17,19)/b8-5+. The molecule has 1 amide bonds. The fourth-order valence-electron chi connectivity index (χ4n) is 1.68. The van der Waals surface area contributed by atoms with Crippen molar-refractivity contribution in [2.75, 3.05) is 12.3 Å². The second-order valence-corrected chi connectivity index (χ2v) is 5.03. The lowest BCUT2D eigenvalue weighted by Crippen LogP contribution is -2.31. The molecule has 4 heteroatoms. The molecule has 1 unspecified atom stereocenters. The van der Waals surface area contributed by atoms with Crippen molar-refractivity contribution >= 4 is 17.7 Å². The normalized spacial score (nSPS) is 12.8. The first-order valence-electron chi connectivity index (χ1n) is 6.47. The molecular weight excluding hydrogens is 240 g/mol. The third kappa shape index (κ3) is 6.62. The molecule has 0 bridgehead atoms. The van der Waals surface area contributed by atoms with Crippen LogP contribution in [0.4, 0.5) is 5.69 Å². The van der Waals surface area contributed by atoms with E-state index < -0.39 is 6.10 Å². The Hall–Kier alpha value is -1.81. The van der Waals surface area contributed by atoms with E-state index in [4.69, 9.17) is 5.73 Å². The number of nitrogens with two attached hydrogens (primary N) is 1. The number of anilines is 1. The van der Waals surface area contributed by atoms with E-state index in [-0.39, 0.29) is 12.5 Å².